The summed E-state index contributed by atoms with van der Waals surface area (Å²) >= 11 is 5.79. The van der Waals surface area contributed by atoms with E-state index >= 15 is 0 Å². The Kier molecular flexibility index (Phi) is 2.24. The topological polar surface area (TPSA) is 72.6 Å². The Morgan fingerprint density at radius 3 is 2.93 bits per heavy atom. The summed E-state index contributed by atoms with van der Waals surface area (Å²) in [6, 6.07) is -0.908. The average molecular weight is 225 g/mol. The largest absolute Gasteiger partial charge is 0.271 e. The van der Waals surface area contributed by atoms with Crippen molar-refractivity contribution in [2.24, 2.45) is 4.99 Å². The number of hydrogen-bond donors (Lipinski definition) is 0. The van der Waals surface area contributed by atoms with Crippen molar-refractivity contribution in [2.45, 2.75) is 6.04 Å². The second kappa shape index (κ2) is 3.43. The van der Waals surface area contributed by atoms with Gasteiger partial charge >= 0.3 is 0 Å². The molecule has 0 radical (unpaired) electrons. The fourth-order valence-electron chi connectivity index (χ4n) is 1.36. The highest BCUT2D eigenvalue weighted by Gasteiger charge is 2.25. The summed E-state index contributed by atoms with van der Waals surface area (Å²) in [5.41, 5.74) is 0.825. The molecule has 0 N–H and O–H groups in total. The molecule has 1 unspecified atom stereocenters. The van der Waals surface area contributed by atoms with Gasteiger partial charge in [-0.15, -0.1) is 0 Å². The molecule has 15 heavy (non-hydrogen) atoms. The van der Waals surface area contributed by atoms with Crippen molar-refractivity contribution in [1.82, 2.24) is 0 Å². The van der Waals surface area contributed by atoms with Gasteiger partial charge in [0, 0.05) is 22.6 Å². The highest BCUT2D eigenvalue weighted by molar-refractivity contribution is 6.40. The summed E-state index contributed by atoms with van der Waals surface area (Å²) in [6.45, 7) is 0. The van der Waals surface area contributed by atoms with E-state index in [1.54, 1.807) is 0 Å². The predicted octanol–water partition coefficient (Wildman–Crippen LogP) is 1.23. The number of dihydropyridines is 1. The normalized spacial score (nSPS) is 23.9. The molecule has 0 spiro atoms. The molecule has 2 aliphatic rings. The molecule has 5 nitrogen and oxygen atoms in total. The van der Waals surface area contributed by atoms with Gasteiger partial charge in [-0.05, 0) is 12.2 Å². The van der Waals surface area contributed by atoms with Crippen LogP contribution in [0, 0.1) is 10.1 Å². The van der Waals surface area contributed by atoms with E-state index in [0.717, 1.165) is 6.08 Å². The van der Waals surface area contributed by atoms with Crippen molar-refractivity contribution < 1.29 is 9.72 Å². The van der Waals surface area contributed by atoms with Crippen LogP contribution in [0.1, 0.15) is 0 Å². The van der Waals surface area contributed by atoms with Gasteiger partial charge in [0.25, 0.3) is 11.9 Å². The number of nitrogens with zero attached hydrogens (tertiary/aromatic N) is 2. The van der Waals surface area contributed by atoms with Crippen molar-refractivity contribution in [3.05, 3.63) is 45.0 Å². The number of hydrogen-bond acceptors (Lipinski definition) is 3. The molecular formula is C9H5ClN2O3. The van der Waals surface area contributed by atoms with Crippen LogP contribution >= 0.6 is 11.6 Å². The van der Waals surface area contributed by atoms with Crippen LogP contribution in [0.15, 0.2) is 39.9 Å². The van der Waals surface area contributed by atoms with Gasteiger partial charge in [-0.2, -0.15) is 0 Å². The van der Waals surface area contributed by atoms with Crippen LogP contribution in [0.4, 0.5) is 0 Å². The number of carbonyl (C=O) groups is 1. The van der Waals surface area contributed by atoms with Crippen molar-refractivity contribution in [3.63, 3.8) is 0 Å². The highest BCUT2D eigenvalue weighted by atomic mass is 35.5. The standard InChI is InChI=1S/C9H5ClN2O3/c10-7-4-9(13)11-8-2-1-5(12(14)15)3-6(7)8/h1-5H. The van der Waals surface area contributed by atoms with Gasteiger partial charge in [-0.1, -0.05) is 11.6 Å². The summed E-state index contributed by atoms with van der Waals surface area (Å²) in [7, 11) is 0. The molecule has 0 bridgehead atoms. The minimum Gasteiger partial charge on any atom is -0.267 e. The second-order valence-corrected chi connectivity index (χ2v) is 3.45. The van der Waals surface area contributed by atoms with Gasteiger partial charge in [-0.25, -0.2) is 4.99 Å². The number of aliphatic imine (C=N–C) groups is 1. The second-order valence-electron chi connectivity index (χ2n) is 3.04. The molecule has 1 aliphatic heterocycles. The lowest BCUT2D eigenvalue weighted by Gasteiger charge is -2.14. The minimum atomic E-state index is -0.908. The maximum Gasteiger partial charge on any atom is 0.271 e. The van der Waals surface area contributed by atoms with Crippen LogP contribution in [0.2, 0.25) is 0 Å². The van der Waals surface area contributed by atoms with Gasteiger partial charge in [0.1, 0.15) is 0 Å². The van der Waals surface area contributed by atoms with E-state index in [0.29, 0.717) is 11.3 Å². The zero-order chi connectivity index (χ0) is 11.0. The molecule has 0 saturated carbocycles. The molecule has 0 fully saturated rings. The van der Waals surface area contributed by atoms with E-state index in [2.05, 4.69) is 4.99 Å². The third kappa shape index (κ3) is 1.73. The molecule has 1 amide bonds. The quantitative estimate of drug-likeness (QED) is 0.497. The molecule has 1 atom stereocenters. The maximum atomic E-state index is 11.0. The van der Waals surface area contributed by atoms with Crippen LogP contribution in [0.3, 0.4) is 0 Å². The van der Waals surface area contributed by atoms with Crippen molar-refractivity contribution in [3.8, 4) is 0 Å². The molecule has 76 valence electrons. The Morgan fingerprint density at radius 2 is 2.27 bits per heavy atom. The molecule has 1 heterocycles. The third-order valence-corrected chi connectivity index (χ3v) is 2.36. The molecule has 0 aromatic rings. The molecule has 6 heteroatoms. The SMILES string of the molecule is O=C1C=C(Cl)C2=CC([N+](=O)[O-])C=CC2=N1. The van der Waals surface area contributed by atoms with Crippen molar-refractivity contribution >= 4 is 23.2 Å². The number of amides is 1. The van der Waals surface area contributed by atoms with Crippen LogP contribution in [-0.2, 0) is 4.79 Å². The van der Waals surface area contributed by atoms with Crippen LogP contribution in [0.5, 0.6) is 0 Å². The molecule has 0 saturated heterocycles. The van der Waals surface area contributed by atoms with Crippen LogP contribution in [-0.4, -0.2) is 22.6 Å². The number of fused-ring (bicyclic) bond motifs is 1. The van der Waals surface area contributed by atoms with E-state index in [9.17, 15) is 14.9 Å². The van der Waals surface area contributed by atoms with E-state index in [1.807, 2.05) is 0 Å². The lowest BCUT2D eigenvalue weighted by Crippen LogP contribution is -2.22. The number of nitro groups is 1. The number of allylic oxidation sites excluding steroid dienone is 3. The lowest BCUT2D eigenvalue weighted by atomic mass is 9.98. The highest BCUT2D eigenvalue weighted by Crippen LogP contribution is 2.25. The fraction of sp³-hybridized carbons (Fsp3) is 0.111. The van der Waals surface area contributed by atoms with Gasteiger partial charge in [0.2, 0.25) is 0 Å². The Bertz CT molecular complexity index is 474. The zero-order valence-electron chi connectivity index (χ0n) is 7.38. The maximum absolute atomic E-state index is 11.0. The summed E-state index contributed by atoms with van der Waals surface area (Å²) in [5.74, 6) is -0.448. The first-order chi connectivity index (χ1) is 7.08. The average Bonchev–Trinajstić information content (AvgIpc) is 2.16. The smallest absolute Gasteiger partial charge is 0.267 e. The Hall–Kier alpha value is -1.75. The van der Waals surface area contributed by atoms with Crippen LogP contribution < -0.4 is 0 Å². The summed E-state index contributed by atoms with van der Waals surface area (Å²) in [5, 5.41) is 10.7. The fourth-order valence-corrected chi connectivity index (χ4v) is 1.61. The Labute approximate surface area is 89.6 Å². The molecular weight excluding hydrogens is 220 g/mol. The van der Waals surface area contributed by atoms with E-state index in [4.69, 9.17) is 11.6 Å². The number of carbonyl (C=O) groups excluding carboxylic acids is 1. The first kappa shape index (κ1) is 9.79. The minimum absolute atomic E-state index is 0.196. The summed E-state index contributed by atoms with van der Waals surface area (Å²) in [6.07, 6.45) is 5.33. The van der Waals surface area contributed by atoms with Crippen molar-refractivity contribution in [2.75, 3.05) is 0 Å². The molecule has 0 aromatic heterocycles. The molecule has 2 rings (SSSR count). The first-order valence-electron chi connectivity index (χ1n) is 4.12. The molecule has 1 aliphatic carbocycles. The van der Waals surface area contributed by atoms with E-state index in [-0.39, 0.29) is 5.03 Å². The number of rotatable bonds is 1. The lowest BCUT2D eigenvalue weighted by molar-refractivity contribution is -0.496. The summed E-state index contributed by atoms with van der Waals surface area (Å²) < 4.78 is 0. The monoisotopic (exact) mass is 224 g/mol. The predicted molar refractivity (Wildman–Crippen MR) is 54.4 cm³/mol. The van der Waals surface area contributed by atoms with E-state index < -0.39 is 16.9 Å². The van der Waals surface area contributed by atoms with Crippen LogP contribution in [0.25, 0.3) is 0 Å². The van der Waals surface area contributed by atoms with Crippen molar-refractivity contribution in [1.29, 1.82) is 0 Å². The van der Waals surface area contributed by atoms with Gasteiger partial charge in [-0.3, -0.25) is 14.9 Å². The summed E-state index contributed by atoms with van der Waals surface area (Å²) in [4.78, 5) is 24.8. The Morgan fingerprint density at radius 1 is 1.53 bits per heavy atom. The van der Waals surface area contributed by atoms with Gasteiger partial charge in [0.05, 0.1) is 10.7 Å². The Balaban J connectivity index is 2.43. The number of halogens is 1. The first-order valence-corrected chi connectivity index (χ1v) is 4.50. The van der Waals surface area contributed by atoms with Gasteiger partial charge in [0.15, 0.2) is 0 Å². The van der Waals surface area contributed by atoms with E-state index in [1.165, 1.54) is 18.2 Å². The third-order valence-electron chi connectivity index (χ3n) is 2.05. The zero-order valence-corrected chi connectivity index (χ0v) is 8.14. The van der Waals surface area contributed by atoms with Gasteiger partial charge < -0.3 is 0 Å². The molecule has 0 aromatic carbocycles.